The second kappa shape index (κ2) is 12.6. The van der Waals surface area contributed by atoms with E-state index in [2.05, 4.69) is 74.5 Å². The fraction of sp³-hybridized carbons (Fsp3) is 0.423. The SMILES string of the molecule is COC(=O)CCNC([Se])=NC[C@H](CC(C)C)NC(=O)OCC1c2ccccc2-c2ccccc21. The molecule has 0 saturated heterocycles. The molecule has 34 heavy (non-hydrogen) atoms. The molecule has 1 radical (unpaired) electrons. The molecule has 0 aromatic heterocycles. The molecule has 3 rings (SSSR count). The Hall–Kier alpha value is -2.83. The first-order chi connectivity index (χ1) is 16.4. The molecule has 2 N–H and O–H groups in total. The van der Waals surface area contributed by atoms with Crippen LogP contribution in [-0.2, 0) is 14.3 Å². The Kier molecular flexibility index (Phi) is 9.54. The summed E-state index contributed by atoms with van der Waals surface area (Å²) >= 11 is 2.85. The van der Waals surface area contributed by atoms with Crippen molar-refractivity contribution in [2.45, 2.75) is 38.6 Å². The maximum atomic E-state index is 12.7. The van der Waals surface area contributed by atoms with Gasteiger partial charge in [-0.1, -0.05) is 12.1 Å². The van der Waals surface area contributed by atoms with Gasteiger partial charge in [0.05, 0.1) is 0 Å². The Bertz CT molecular complexity index is 979. The van der Waals surface area contributed by atoms with E-state index in [-0.39, 0.29) is 31.0 Å². The number of rotatable bonds is 10. The quantitative estimate of drug-likeness (QED) is 0.213. The molecular formula is C26H32N3O4Se. The molecule has 8 heteroatoms. The van der Waals surface area contributed by atoms with Crippen molar-refractivity contribution in [3.8, 4) is 11.1 Å². The number of amides is 1. The number of hydrogen-bond acceptors (Lipinski definition) is 5. The predicted molar refractivity (Wildman–Crippen MR) is 134 cm³/mol. The van der Waals surface area contributed by atoms with Crippen LogP contribution in [0.1, 0.15) is 43.7 Å². The molecule has 1 atom stereocenters. The van der Waals surface area contributed by atoms with Crippen molar-refractivity contribution in [2.75, 3.05) is 26.8 Å². The first-order valence-electron chi connectivity index (χ1n) is 11.5. The van der Waals surface area contributed by atoms with Gasteiger partial charge in [0.25, 0.3) is 0 Å². The second-order valence-corrected chi connectivity index (χ2v) is 9.51. The van der Waals surface area contributed by atoms with Crippen molar-refractivity contribution in [2.24, 2.45) is 10.9 Å². The van der Waals surface area contributed by atoms with Crippen LogP contribution in [0.3, 0.4) is 0 Å². The van der Waals surface area contributed by atoms with Gasteiger partial charge < -0.3 is 0 Å². The number of alkyl carbamates (subject to hydrolysis) is 1. The van der Waals surface area contributed by atoms with Crippen molar-refractivity contribution in [1.82, 2.24) is 10.6 Å². The summed E-state index contributed by atoms with van der Waals surface area (Å²) in [5.41, 5.74) is 4.77. The molecule has 7 nitrogen and oxygen atoms in total. The van der Waals surface area contributed by atoms with Crippen molar-refractivity contribution in [3.05, 3.63) is 59.7 Å². The molecule has 181 valence electrons. The van der Waals surface area contributed by atoms with Gasteiger partial charge in [0.15, 0.2) is 0 Å². The van der Waals surface area contributed by atoms with E-state index in [1.165, 1.54) is 29.4 Å². The number of amidine groups is 1. The van der Waals surface area contributed by atoms with Crippen LogP contribution in [-0.4, -0.2) is 65.7 Å². The van der Waals surface area contributed by atoms with E-state index in [9.17, 15) is 9.59 Å². The van der Waals surface area contributed by atoms with E-state index in [0.717, 1.165) is 6.42 Å². The van der Waals surface area contributed by atoms with Gasteiger partial charge in [0.1, 0.15) is 0 Å². The van der Waals surface area contributed by atoms with E-state index >= 15 is 0 Å². The monoisotopic (exact) mass is 530 g/mol. The molecule has 0 fully saturated rings. The third-order valence-corrected chi connectivity index (χ3v) is 6.28. The summed E-state index contributed by atoms with van der Waals surface area (Å²) in [5.74, 6) is 0.121. The van der Waals surface area contributed by atoms with Crippen LogP contribution >= 0.6 is 0 Å². The number of carbonyl (C=O) groups is 2. The molecule has 0 spiro atoms. The van der Waals surface area contributed by atoms with Crippen LogP contribution < -0.4 is 10.6 Å². The van der Waals surface area contributed by atoms with E-state index < -0.39 is 6.09 Å². The van der Waals surface area contributed by atoms with Crippen LogP contribution in [0.5, 0.6) is 0 Å². The van der Waals surface area contributed by atoms with E-state index in [0.29, 0.717) is 23.7 Å². The summed E-state index contributed by atoms with van der Waals surface area (Å²) in [5, 5.41) is 6.02. The molecule has 1 amide bonds. The summed E-state index contributed by atoms with van der Waals surface area (Å²) < 4.78 is 10.9. The van der Waals surface area contributed by atoms with Crippen molar-refractivity contribution in [1.29, 1.82) is 0 Å². The first-order valence-corrected chi connectivity index (χ1v) is 12.4. The average molecular weight is 530 g/mol. The predicted octanol–water partition coefficient (Wildman–Crippen LogP) is 3.62. The van der Waals surface area contributed by atoms with Gasteiger partial charge in [0.2, 0.25) is 0 Å². The zero-order valence-corrected chi connectivity index (χ0v) is 21.6. The molecule has 1 aliphatic carbocycles. The zero-order valence-electron chi connectivity index (χ0n) is 19.9. The van der Waals surface area contributed by atoms with Crippen molar-refractivity contribution in [3.63, 3.8) is 0 Å². The normalized spacial score (nSPS) is 13.7. The second-order valence-electron chi connectivity index (χ2n) is 8.70. The van der Waals surface area contributed by atoms with Gasteiger partial charge >= 0.3 is 198 Å². The molecular weight excluding hydrogens is 497 g/mol. The van der Waals surface area contributed by atoms with Crippen LogP contribution in [0, 0.1) is 5.92 Å². The number of nitrogens with one attached hydrogen (secondary N) is 2. The summed E-state index contributed by atoms with van der Waals surface area (Å²) in [6.07, 6.45) is 0.580. The number of aliphatic imine (C=N–C) groups is 1. The molecule has 0 aliphatic heterocycles. The molecule has 0 bridgehead atoms. The van der Waals surface area contributed by atoms with Crippen LogP contribution in [0.4, 0.5) is 4.79 Å². The van der Waals surface area contributed by atoms with Gasteiger partial charge in [-0.25, -0.2) is 0 Å². The Morgan fingerprint density at radius 1 is 1.06 bits per heavy atom. The summed E-state index contributed by atoms with van der Waals surface area (Å²) in [6, 6.07) is 16.4. The van der Waals surface area contributed by atoms with E-state index in [4.69, 9.17) is 4.74 Å². The van der Waals surface area contributed by atoms with Crippen LogP contribution in [0.2, 0.25) is 0 Å². The van der Waals surface area contributed by atoms with E-state index in [1.54, 1.807) is 0 Å². The van der Waals surface area contributed by atoms with Crippen LogP contribution in [0.15, 0.2) is 53.5 Å². The number of esters is 1. The number of nitrogens with zero attached hydrogens (tertiary/aromatic N) is 1. The Labute approximate surface area is 209 Å². The maximum absolute atomic E-state index is 12.7. The third kappa shape index (κ3) is 7.08. The number of benzene rings is 2. The number of methoxy groups -OCH3 is 1. The van der Waals surface area contributed by atoms with Gasteiger partial charge in [0, 0.05) is 0 Å². The van der Waals surface area contributed by atoms with Gasteiger partial charge in [-0.05, 0) is 0 Å². The van der Waals surface area contributed by atoms with Crippen molar-refractivity contribution >= 4 is 32.8 Å². The average Bonchev–Trinajstić information content (AvgIpc) is 3.14. The molecule has 0 heterocycles. The fourth-order valence-electron chi connectivity index (χ4n) is 4.18. The van der Waals surface area contributed by atoms with Gasteiger partial charge in [-0.2, -0.15) is 0 Å². The summed E-state index contributed by atoms with van der Waals surface area (Å²) in [7, 11) is 1.36. The Balaban J connectivity index is 1.56. The molecule has 2 aromatic carbocycles. The fourth-order valence-corrected chi connectivity index (χ4v) is 4.55. The van der Waals surface area contributed by atoms with Gasteiger partial charge in [-0.15, -0.1) is 0 Å². The number of ether oxygens (including phenoxy) is 2. The number of hydrogen-bond donors (Lipinski definition) is 2. The minimum absolute atomic E-state index is 0.0237. The Morgan fingerprint density at radius 2 is 1.68 bits per heavy atom. The third-order valence-electron chi connectivity index (χ3n) is 5.71. The van der Waals surface area contributed by atoms with Gasteiger partial charge in [-0.3, -0.25) is 0 Å². The zero-order chi connectivity index (χ0) is 24.5. The Morgan fingerprint density at radius 3 is 2.26 bits per heavy atom. The molecule has 2 aromatic rings. The standard InChI is InChI=1S/C26H32N3O4Se/c1-17(2)14-18(15-28-25(34)27-13-12-24(30)32-3)29-26(31)33-16-23-21-10-6-4-8-19(21)20-9-5-7-11-22(20)23/h4-11,17-18,23H,12-16H2,1-3H3,(H,27,28)(H,29,31)/t18-/m0/s1. The number of fused-ring (bicyclic) bond motifs is 3. The van der Waals surface area contributed by atoms with Crippen LogP contribution in [0.25, 0.3) is 11.1 Å². The topological polar surface area (TPSA) is 89.0 Å². The van der Waals surface area contributed by atoms with E-state index in [1.807, 2.05) is 24.3 Å². The minimum atomic E-state index is -0.442. The first kappa shape index (κ1) is 25.8. The molecule has 0 saturated carbocycles. The number of carbonyl (C=O) groups excluding carboxylic acids is 2. The molecule has 1 aliphatic rings. The van der Waals surface area contributed by atoms with Crippen molar-refractivity contribution < 1.29 is 19.1 Å². The summed E-state index contributed by atoms with van der Waals surface area (Å²) in [6.45, 7) is 5.30. The molecule has 0 unspecified atom stereocenters. The summed E-state index contributed by atoms with van der Waals surface area (Å²) in [4.78, 5) is 28.4.